The van der Waals surface area contributed by atoms with Gasteiger partial charge in [0, 0.05) is 39.1 Å². The van der Waals surface area contributed by atoms with Gasteiger partial charge >= 0.3 is 0 Å². The molecule has 0 saturated carbocycles. The Hall–Kier alpha value is -4.56. The average Bonchev–Trinajstić information content (AvgIpc) is 3.58. The average molecular weight is 489 g/mol. The molecular formula is C36H28N2. The molecule has 1 aliphatic carbocycles. The third kappa shape index (κ3) is 2.78. The maximum absolute atomic E-state index is 2.46. The predicted octanol–water partition coefficient (Wildman–Crippen LogP) is 9.34. The monoisotopic (exact) mass is 488 g/mol. The summed E-state index contributed by atoms with van der Waals surface area (Å²) in [6.45, 7) is 6.92. The van der Waals surface area contributed by atoms with Crippen molar-refractivity contribution in [3.63, 3.8) is 0 Å². The molecule has 182 valence electrons. The Kier molecular flexibility index (Phi) is 4.24. The van der Waals surface area contributed by atoms with Gasteiger partial charge in [-0.2, -0.15) is 0 Å². The third-order valence-corrected chi connectivity index (χ3v) is 8.59. The summed E-state index contributed by atoms with van der Waals surface area (Å²) in [4.78, 5) is 0. The van der Waals surface area contributed by atoms with Crippen LogP contribution >= 0.6 is 0 Å². The summed E-state index contributed by atoms with van der Waals surface area (Å²) in [6, 6.07) is 40.2. The first-order valence-electron chi connectivity index (χ1n) is 13.4. The SMILES string of the molecule is Cc1ccc2c(c1)C(C)(C)c1cc(-n3c4ccccc4c4c5c(ccc43)ccn5-c3ccccc3)ccc1-2. The van der Waals surface area contributed by atoms with Crippen LogP contribution in [0.5, 0.6) is 0 Å². The lowest BCUT2D eigenvalue weighted by Crippen LogP contribution is -2.15. The second kappa shape index (κ2) is 7.49. The van der Waals surface area contributed by atoms with Crippen molar-refractivity contribution in [3.8, 4) is 22.5 Å². The van der Waals surface area contributed by atoms with Gasteiger partial charge in [-0.05, 0) is 71.6 Å². The van der Waals surface area contributed by atoms with Crippen LogP contribution in [0.4, 0.5) is 0 Å². The molecule has 0 unspecified atom stereocenters. The van der Waals surface area contributed by atoms with Crippen molar-refractivity contribution in [3.05, 3.63) is 132 Å². The van der Waals surface area contributed by atoms with E-state index in [2.05, 4.69) is 145 Å². The molecule has 0 atom stereocenters. The van der Waals surface area contributed by atoms with E-state index < -0.39 is 0 Å². The van der Waals surface area contributed by atoms with Crippen molar-refractivity contribution >= 4 is 32.7 Å². The van der Waals surface area contributed by atoms with Crippen LogP contribution in [-0.2, 0) is 5.41 Å². The summed E-state index contributed by atoms with van der Waals surface area (Å²) in [5, 5.41) is 3.83. The highest BCUT2D eigenvalue weighted by Gasteiger charge is 2.35. The van der Waals surface area contributed by atoms with Gasteiger partial charge in [0.15, 0.2) is 0 Å². The van der Waals surface area contributed by atoms with E-state index >= 15 is 0 Å². The highest BCUT2D eigenvalue weighted by atomic mass is 15.0. The molecule has 0 saturated heterocycles. The van der Waals surface area contributed by atoms with Crippen molar-refractivity contribution in [1.82, 2.24) is 9.13 Å². The smallest absolute Gasteiger partial charge is 0.0628 e. The quantitative estimate of drug-likeness (QED) is 0.229. The van der Waals surface area contributed by atoms with Crippen LogP contribution in [0, 0.1) is 6.92 Å². The Morgan fingerprint density at radius 3 is 2.18 bits per heavy atom. The number of rotatable bonds is 2. The molecule has 0 spiro atoms. The van der Waals surface area contributed by atoms with Crippen LogP contribution < -0.4 is 0 Å². The van der Waals surface area contributed by atoms with E-state index in [1.54, 1.807) is 0 Å². The first-order chi connectivity index (χ1) is 18.5. The van der Waals surface area contributed by atoms with Crippen molar-refractivity contribution in [2.45, 2.75) is 26.2 Å². The minimum Gasteiger partial charge on any atom is -0.316 e. The summed E-state index contributed by atoms with van der Waals surface area (Å²) in [5.74, 6) is 0. The zero-order valence-electron chi connectivity index (χ0n) is 21.9. The molecular weight excluding hydrogens is 460 g/mol. The molecule has 7 aromatic rings. The fourth-order valence-corrected chi connectivity index (χ4v) is 6.74. The number of aryl methyl sites for hydroxylation is 1. The summed E-state index contributed by atoms with van der Waals surface area (Å²) in [5.41, 5.74) is 12.9. The molecule has 0 fully saturated rings. The van der Waals surface area contributed by atoms with Gasteiger partial charge in [-0.3, -0.25) is 0 Å². The van der Waals surface area contributed by atoms with E-state index in [1.165, 1.54) is 71.9 Å². The van der Waals surface area contributed by atoms with Gasteiger partial charge < -0.3 is 9.13 Å². The lowest BCUT2D eigenvalue weighted by atomic mass is 9.82. The number of hydrogen-bond donors (Lipinski definition) is 0. The normalized spacial score (nSPS) is 13.9. The molecule has 0 amide bonds. The van der Waals surface area contributed by atoms with Crippen LogP contribution in [0.1, 0.15) is 30.5 Å². The van der Waals surface area contributed by atoms with Crippen molar-refractivity contribution in [1.29, 1.82) is 0 Å². The van der Waals surface area contributed by atoms with E-state index in [-0.39, 0.29) is 5.41 Å². The fourth-order valence-electron chi connectivity index (χ4n) is 6.74. The second-order valence-corrected chi connectivity index (χ2v) is 11.2. The molecule has 2 aromatic heterocycles. The molecule has 38 heavy (non-hydrogen) atoms. The number of para-hydroxylation sites is 2. The summed E-state index contributed by atoms with van der Waals surface area (Å²) in [6.07, 6.45) is 2.20. The van der Waals surface area contributed by atoms with Crippen LogP contribution in [0.15, 0.2) is 115 Å². The Bertz CT molecular complexity index is 2050. The minimum atomic E-state index is -0.0409. The number of benzene rings is 5. The van der Waals surface area contributed by atoms with Gasteiger partial charge in [0.1, 0.15) is 0 Å². The molecule has 0 aliphatic heterocycles. The van der Waals surface area contributed by atoms with Crippen LogP contribution in [0.2, 0.25) is 0 Å². The van der Waals surface area contributed by atoms with Gasteiger partial charge in [-0.15, -0.1) is 0 Å². The van der Waals surface area contributed by atoms with E-state index in [9.17, 15) is 0 Å². The van der Waals surface area contributed by atoms with Gasteiger partial charge in [-0.1, -0.05) is 86.1 Å². The molecule has 2 heteroatoms. The van der Waals surface area contributed by atoms with E-state index in [1.807, 2.05) is 0 Å². The first-order valence-corrected chi connectivity index (χ1v) is 13.4. The maximum Gasteiger partial charge on any atom is 0.0628 e. The largest absolute Gasteiger partial charge is 0.316 e. The molecule has 5 aromatic carbocycles. The number of fused-ring (bicyclic) bond motifs is 8. The lowest BCUT2D eigenvalue weighted by molar-refractivity contribution is 0.659. The van der Waals surface area contributed by atoms with Crippen LogP contribution in [0.3, 0.4) is 0 Å². The van der Waals surface area contributed by atoms with Gasteiger partial charge in [0.25, 0.3) is 0 Å². The zero-order chi connectivity index (χ0) is 25.6. The van der Waals surface area contributed by atoms with E-state index in [0.29, 0.717) is 0 Å². The van der Waals surface area contributed by atoms with Crippen molar-refractivity contribution in [2.24, 2.45) is 0 Å². The highest BCUT2D eigenvalue weighted by molar-refractivity contribution is 6.20. The fraction of sp³-hybridized carbons (Fsp3) is 0.111. The molecule has 2 heterocycles. The van der Waals surface area contributed by atoms with Gasteiger partial charge in [-0.25, -0.2) is 0 Å². The number of hydrogen-bond acceptors (Lipinski definition) is 0. The molecule has 1 aliphatic rings. The van der Waals surface area contributed by atoms with Crippen LogP contribution in [-0.4, -0.2) is 9.13 Å². The van der Waals surface area contributed by atoms with Gasteiger partial charge in [0.2, 0.25) is 0 Å². The van der Waals surface area contributed by atoms with Crippen LogP contribution in [0.25, 0.3) is 55.2 Å². The predicted molar refractivity (Wildman–Crippen MR) is 160 cm³/mol. The second-order valence-electron chi connectivity index (χ2n) is 11.2. The Morgan fingerprint density at radius 2 is 1.34 bits per heavy atom. The molecule has 8 rings (SSSR count). The Balaban J connectivity index is 1.44. The maximum atomic E-state index is 2.46. The van der Waals surface area contributed by atoms with Crippen molar-refractivity contribution in [2.75, 3.05) is 0 Å². The summed E-state index contributed by atoms with van der Waals surface area (Å²) in [7, 11) is 0. The number of nitrogens with zero attached hydrogens (tertiary/aromatic N) is 2. The molecule has 0 radical (unpaired) electrons. The van der Waals surface area contributed by atoms with E-state index in [4.69, 9.17) is 0 Å². The zero-order valence-corrected chi connectivity index (χ0v) is 21.9. The third-order valence-electron chi connectivity index (χ3n) is 8.59. The summed E-state index contributed by atoms with van der Waals surface area (Å²) < 4.78 is 4.79. The number of aromatic nitrogens is 2. The standard InChI is InChI=1S/C36H28N2/c1-23-13-16-27-28-17-15-26(22-31(28)36(2,3)30(27)21-23)38-32-12-8-7-11-29(32)34-33(38)18-14-24-19-20-37(35(24)34)25-9-5-4-6-10-25/h4-22H,1-3H3. The topological polar surface area (TPSA) is 9.86 Å². The highest BCUT2D eigenvalue weighted by Crippen LogP contribution is 2.50. The van der Waals surface area contributed by atoms with Crippen molar-refractivity contribution < 1.29 is 0 Å². The Morgan fingerprint density at radius 1 is 0.605 bits per heavy atom. The minimum absolute atomic E-state index is 0.0409. The molecule has 2 nitrogen and oxygen atoms in total. The first kappa shape index (κ1) is 21.5. The van der Waals surface area contributed by atoms with Gasteiger partial charge in [0.05, 0.1) is 16.6 Å². The Labute approximate surface area is 222 Å². The summed E-state index contributed by atoms with van der Waals surface area (Å²) >= 11 is 0. The lowest BCUT2D eigenvalue weighted by Gasteiger charge is -2.22. The molecule has 0 N–H and O–H groups in total. The molecule has 0 bridgehead atoms. The van der Waals surface area contributed by atoms with E-state index in [0.717, 1.165) is 0 Å².